The number of ether oxygens (including phenoxy) is 1. The third-order valence-corrected chi connectivity index (χ3v) is 7.83. The van der Waals surface area contributed by atoms with Gasteiger partial charge in [-0.1, -0.05) is 61.2 Å². The molecular formula is C35H39N3O9S. The van der Waals surface area contributed by atoms with Crippen LogP contribution in [0.3, 0.4) is 0 Å². The molecule has 4 aromatic rings. The van der Waals surface area contributed by atoms with Gasteiger partial charge >= 0.3 is 17.9 Å². The minimum absolute atomic E-state index is 0.0862. The Labute approximate surface area is 282 Å². The van der Waals surface area contributed by atoms with Gasteiger partial charge in [-0.3, -0.25) is 0 Å². The number of hydrogen-bond acceptors (Lipinski definition) is 11. The maximum Gasteiger partial charge on any atom is 0.347 e. The van der Waals surface area contributed by atoms with E-state index < -0.39 is 30.1 Å². The van der Waals surface area contributed by atoms with E-state index in [4.69, 9.17) is 30.9 Å². The van der Waals surface area contributed by atoms with Crippen LogP contribution < -0.4 is 15.4 Å². The Morgan fingerprint density at radius 1 is 0.812 bits per heavy atom. The third kappa shape index (κ3) is 10.7. The summed E-state index contributed by atoms with van der Waals surface area (Å²) < 4.78 is 5.08. The van der Waals surface area contributed by atoms with Crippen molar-refractivity contribution >= 4 is 46.7 Å². The number of hydrogen-bond donors (Lipinski definition) is 6. The Morgan fingerprint density at radius 2 is 1.31 bits per heavy atom. The van der Waals surface area contributed by atoms with Gasteiger partial charge in [-0.05, 0) is 68.5 Å². The molecule has 0 saturated heterocycles. The van der Waals surface area contributed by atoms with Gasteiger partial charge in [0.15, 0.2) is 12.2 Å². The van der Waals surface area contributed by atoms with Gasteiger partial charge in [-0.15, -0.1) is 0 Å². The van der Waals surface area contributed by atoms with Crippen LogP contribution in [0.15, 0.2) is 107 Å². The topological polar surface area (TPSA) is 194 Å². The van der Waals surface area contributed by atoms with E-state index in [2.05, 4.69) is 79.3 Å². The molecule has 0 amide bonds. The molecule has 48 heavy (non-hydrogen) atoms. The lowest BCUT2D eigenvalue weighted by Crippen LogP contribution is -2.39. The van der Waals surface area contributed by atoms with Gasteiger partial charge in [0.2, 0.25) is 0 Å². The van der Waals surface area contributed by atoms with Crippen LogP contribution in [-0.4, -0.2) is 87.7 Å². The molecule has 0 radical (unpaired) electrons. The molecule has 12 nitrogen and oxygen atoms in total. The molecule has 3 atom stereocenters. The fraction of sp³-hybridized carbons (Fsp3) is 0.229. The molecule has 1 heterocycles. The van der Waals surface area contributed by atoms with E-state index >= 15 is 0 Å². The lowest BCUT2D eigenvalue weighted by atomic mass is 10.1. The highest BCUT2D eigenvalue weighted by Gasteiger charge is 2.29. The zero-order valence-electron chi connectivity index (χ0n) is 26.6. The van der Waals surface area contributed by atoms with E-state index in [0.717, 1.165) is 13.1 Å². The summed E-state index contributed by atoms with van der Waals surface area (Å²) in [4.78, 5) is 38.7. The van der Waals surface area contributed by atoms with Crippen molar-refractivity contribution in [1.82, 2.24) is 4.90 Å². The largest absolute Gasteiger partial charge is 0.507 e. The van der Waals surface area contributed by atoms with Crippen LogP contribution >= 0.6 is 11.8 Å². The first-order valence-corrected chi connectivity index (χ1v) is 15.6. The number of carbonyl (C=O) groups is 3. The van der Waals surface area contributed by atoms with Crippen molar-refractivity contribution in [3.63, 3.8) is 0 Å². The second-order valence-electron chi connectivity index (χ2n) is 11.1. The molecule has 13 heteroatoms. The SMILES string of the molecule is CC(CN(C)C)CN1c2ccccc2Sc2ccccc21.Nc1ccc(C(=O)Oc2ccccc2)c(O)c1.O=C(O)C(O)C(O)C(=O)O. The summed E-state index contributed by atoms with van der Waals surface area (Å²) in [6.07, 6.45) is -4.53. The number of nitrogens with zero attached hydrogens (tertiary/aromatic N) is 2. The average molecular weight is 678 g/mol. The number of para-hydroxylation sites is 3. The number of fused-ring (bicyclic) bond motifs is 2. The summed E-state index contributed by atoms with van der Waals surface area (Å²) in [6.45, 7) is 4.48. The fourth-order valence-electron chi connectivity index (χ4n) is 4.61. The van der Waals surface area contributed by atoms with E-state index in [-0.39, 0.29) is 11.3 Å². The molecule has 0 fully saturated rings. The van der Waals surface area contributed by atoms with E-state index in [9.17, 15) is 19.5 Å². The Bertz CT molecular complexity index is 1620. The minimum atomic E-state index is -2.27. The number of aliphatic hydroxyl groups is 2. The van der Waals surface area contributed by atoms with Crippen LogP contribution in [0.5, 0.6) is 11.5 Å². The molecule has 0 spiro atoms. The van der Waals surface area contributed by atoms with Gasteiger partial charge in [0, 0.05) is 34.6 Å². The summed E-state index contributed by atoms with van der Waals surface area (Å²) in [7, 11) is 4.29. The Kier molecular flexibility index (Phi) is 13.8. The van der Waals surface area contributed by atoms with E-state index in [0.29, 0.717) is 17.4 Å². The fourth-order valence-corrected chi connectivity index (χ4v) is 5.71. The summed E-state index contributed by atoms with van der Waals surface area (Å²) in [6, 6.07) is 30.4. The van der Waals surface area contributed by atoms with Crippen LogP contribution in [0.25, 0.3) is 0 Å². The molecule has 0 bridgehead atoms. The molecular weight excluding hydrogens is 638 g/mol. The molecule has 5 rings (SSSR count). The molecule has 254 valence electrons. The number of carboxylic acids is 2. The van der Waals surface area contributed by atoms with Gasteiger partial charge in [0.1, 0.15) is 17.1 Å². The van der Waals surface area contributed by atoms with Crippen molar-refractivity contribution in [3.05, 3.63) is 103 Å². The first kappa shape index (κ1) is 37.4. The number of anilines is 3. The van der Waals surface area contributed by atoms with E-state index in [1.165, 1.54) is 39.4 Å². The summed E-state index contributed by atoms with van der Waals surface area (Å²) in [5.41, 5.74) is 8.62. The smallest absolute Gasteiger partial charge is 0.347 e. The highest BCUT2D eigenvalue weighted by Crippen LogP contribution is 2.48. The highest BCUT2D eigenvalue weighted by molar-refractivity contribution is 7.99. The normalized spacial score (nSPS) is 13.2. The standard InChI is InChI=1S/C18H22N2S.C13H11NO3.C4H6O6/c1-14(12-19(2)3)13-20-15-8-4-6-10-17(15)21-18-11-7-5-9-16(18)20;14-9-6-7-11(12(15)8-9)13(16)17-10-4-2-1-3-5-10;5-1(3(7)8)2(6)4(9)10/h4-11,14H,12-13H2,1-3H3;1-8,15H,14H2;1-2,5-6H,(H,7,8)(H,9,10). The maximum absolute atomic E-state index is 11.7. The van der Waals surface area contributed by atoms with Gasteiger partial charge in [0.05, 0.1) is 11.4 Å². The number of carbonyl (C=O) groups excluding carboxylic acids is 1. The molecule has 0 saturated carbocycles. The van der Waals surface area contributed by atoms with Crippen LogP contribution in [0.4, 0.5) is 17.1 Å². The van der Waals surface area contributed by atoms with Gasteiger partial charge in [-0.25, -0.2) is 14.4 Å². The third-order valence-electron chi connectivity index (χ3n) is 6.70. The monoisotopic (exact) mass is 677 g/mol. The number of esters is 1. The first-order valence-electron chi connectivity index (χ1n) is 14.7. The summed E-state index contributed by atoms with van der Waals surface area (Å²) >= 11 is 1.88. The average Bonchev–Trinajstić information content (AvgIpc) is 3.04. The number of carboxylic acid groups (broad SMARTS) is 2. The quantitative estimate of drug-likeness (QED) is 0.0821. The molecule has 1 aliphatic heterocycles. The number of phenols is 1. The summed E-state index contributed by atoms with van der Waals surface area (Å²) in [5, 5.41) is 42.1. The van der Waals surface area contributed by atoms with Crippen LogP contribution in [-0.2, 0) is 9.59 Å². The Balaban J connectivity index is 0.000000209. The lowest BCUT2D eigenvalue weighted by molar-refractivity contribution is -0.165. The minimum Gasteiger partial charge on any atom is -0.507 e. The van der Waals surface area contributed by atoms with Gasteiger partial charge in [-0.2, -0.15) is 0 Å². The number of benzene rings is 4. The molecule has 7 N–H and O–H groups in total. The van der Waals surface area contributed by atoms with Crippen molar-refractivity contribution in [2.75, 3.05) is 37.8 Å². The number of aliphatic hydroxyl groups excluding tert-OH is 2. The van der Waals surface area contributed by atoms with Crippen LogP contribution in [0.1, 0.15) is 17.3 Å². The number of phenolic OH excluding ortho intramolecular Hbond substituents is 1. The number of aliphatic carboxylic acids is 2. The first-order chi connectivity index (χ1) is 22.8. The second-order valence-corrected chi connectivity index (χ2v) is 12.1. The lowest BCUT2D eigenvalue weighted by Gasteiger charge is -2.35. The van der Waals surface area contributed by atoms with Crippen molar-refractivity contribution in [3.8, 4) is 11.5 Å². The second kappa shape index (κ2) is 17.7. The zero-order valence-corrected chi connectivity index (χ0v) is 27.4. The molecule has 0 aromatic heterocycles. The number of rotatable bonds is 9. The van der Waals surface area contributed by atoms with E-state index in [1.807, 2.05) is 17.8 Å². The molecule has 3 unspecified atom stereocenters. The van der Waals surface area contributed by atoms with Crippen LogP contribution in [0.2, 0.25) is 0 Å². The van der Waals surface area contributed by atoms with Crippen molar-refractivity contribution in [1.29, 1.82) is 0 Å². The molecule has 1 aliphatic rings. The van der Waals surface area contributed by atoms with Gasteiger partial charge < -0.3 is 45.8 Å². The van der Waals surface area contributed by atoms with Crippen molar-refractivity contribution in [2.45, 2.75) is 28.9 Å². The highest BCUT2D eigenvalue weighted by atomic mass is 32.2. The predicted molar refractivity (Wildman–Crippen MR) is 183 cm³/mol. The van der Waals surface area contributed by atoms with Crippen LogP contribution in [0, 0.1) is 5.92 Å². The Morgan fingerprint density at radius 3 is 1.79 bits per heavy atom. The molecule has 4 aromatic carbocycles. The number of nitrogens with two attached hydrogens (primary N) is 1. The molecule has 0 aliphatic carbocycles. The van der Waals surface area contributed by atoms with Gasteiger partial charge in [0.25, 0.3) is 0 Å². The maximum atomic E-state index is 11.7. The van der Waals surface area contributed by atoms with E-state index in [1.54, 1.807) is 24.3 Å². The number of aromatic hydroxyl groups is 1. The van der Waals surface area contributed by atoms with Crippen molar-refractivity contribution in [2.24, 2.45) is 5.92 Å². The predicted octanol–water partition coefficient (Wildman–Crippen LogP) is 4.56. The summed E-state index contributed by atoms with van der Waals surface area (Å²) in [5.74, 6) is -3.30. The zero-order chi connectivity index (χ0) is 35.4. The number of nitrogen functional groups attached to an aromatic ring is 1. The Hall–Kier alpha value is -5.08. The van der Waals surface area contributed by atoms with Crippen molar-refractivity contribution < 1.29 is 44.7 Å².